The van der Waals surface area contributed by atoms with Crippen molar-refractivity contribution in [1.82, 2.24) is 14.6 Å². The van der Waals surface area contributed by atoms with Crippen molar-refractivity contribution in [3.63, 3.8) is 0 Å². The van der Waals surface area contributed by atoms with Crippen LogP contribution < -0.4 is 15.0 Å². The first-order chi connectivity index (χ1) is 20.0. The molecular formula is C28H17BrF3N5O5. The van der Waals surface area contributed by atoms with Gasteiger partial charge in [0.2, 0.25) is 5.88 Å². The zero-order valence-corrected chi connectivity index (χ0v) is 23.0. The summed E-state index contributed by atoms with van der Waals surface area (Å²) in [6.45, 7) is 0. The highest BCUT2D eigenvalue weighted by Crippen LogP contribution is 2.36. The molecule has 5 aromatic rings. The van der Waals surface area contributed by atoms with Crippen LogP contribution in [0.5, 0.6) is 17.4 Å². The fraction of sp³-hybridized carbons (Fsp3) is 0.0714. The molecule has 0 amide bonds. The van der Waals surface area contributed by atoms with E-state index < -0.39 is 22.2 Å². The van der Waals surface area contributed by atoms with Crippen molar-refractivity contribution in [1.29, 1.82) is 0 Å². The van der Waals surface area contributed by atoms with Crippen molar-refractivity contribution in [2.45, 2.75) is 6.18 Å². The SMILES string of the molecule is COc1cc(C=Nn2c(-c3cccc(C(F)(F)F)c3)nc3ccccc3c2=O)c(Br)cc1Oc1ccc([N+](=O)[O-])cn1. The van der Waals surface area contributed by atoms with E-state index in [1.165, 1.54) is 43.7 Å². The summed E-state index contributed by atoms with van der Waals surface area (Å²) in [5.41, 5.74) is -0.928. The van der Waals surface area contributed by atoms with Crippen molar-refractivity contribution in [2.75, 3.05) is 7.11 Å². The maximum Gasteiger partial charge on any atom is 0.416 e. The number of rotatable bonds is 7. The molecule has 42 heavy (non-hydrogen) atoms. The van der Waals surface area contributed by atoms with Gasteiger partial charge in [-0.1, -0.05) is 24.3 Å². The molecule has 2 aromatic heterocycles. The first kappa shape index (κ1) is 28.4. The highest BCUT2D eigenvalue weighted by atomic mass is 79.9. The van der Waals surface area contributed by atoms with Gasteiger partial charge in [-0.05, 0) is 52.3 Å². The number of para-hydroxylation sites is 1. The first-order valence-electron chi connectivity index (χ1n) is 11.9. The van der Waals surface area contributed by atoms with Crippen LogP contribution in [-0.4, -0.2) is 32.9 Å². The number of fused-ring (bicyclic) bond motifs is 1. The van der Waals surface area contributed by atoms with Crippen LogP contribution in [0.4, 0.5) is 18.9 Å². The molecule has 212 valence electrons. The highest BCUT2D eigenvalue weighted by Gasteiger charge is 2.31. The molecule has 5 rings (SSSR count). The van der Waals surface area contributed by atoms with Gasteiger partial charge in [-0.15, -0.1) is 0 Å². The third-order valence-corrected chi connectivity index (χ3v) is 6.63. The lowest BCUT2D eigenvalue weighted by Crippen LogP contribution is -2.20. The zero-order valence-electron chi connectivity index (χ0n) is 21.4. The van der Waals surface area contributed by atoms with Crippen LogP contribution in [-0.2, 0) is 6.18 Å². The third kappa shape index (κ3) is 5.83. The van der Waals surface area contributed by atoms with Crippen molar-refractivity contribution < 1.29 is 27.6 Å². The zero-order chi connectivity index (χ0) is 30.0. The molecule has 0 atom stereocenters. The Hall–Kier alpha value is -5.11. The minimum absolute atomic E-state index is 0.0424. The van der Waals surface area contributed by atoms with Crippen LogP contribution in [0.1, 0.15) is 11.1 Å². The molecule has 0 aliphatic carbocycles. The van der Waals surface area contributed by atoms with Crippen LogP contribution >= 0.6 is 15.9 Å². The molecule has 10 nitrogen and oxygen atoms in total. The van der Waals surface area contributed by atoms with E-state index in [0.717, 1.165) is 23.0 Å². The maximum atomic E-state index is 13.4. The number of methoxy groups -OCH3 is 1. The maximum absolute atomic E-state index is 13.4. The van der Waals surface area contributed by atoms with Crippen LogP contribution in [0.25, 0.3) is 22.3 Å². The molecule has 2 heterocycles. The Kier molecular flexibility index (Phi) is 7.72. The molecule has 0 unspecified atom stereocenters. The fourth-order valence-electron chi connectivity index (χ4n) is 3.91. The molecule has 0 aliphatic heterocycles. The number of nitro groups is 1. The Labute approximate surface area is 243 Å². The quantitative estimate of drug-likeness (QED) is 0.109. The number of halogens is 4. The monoisotopic (exact) mass is 639 g/mol. The van der Waals surface area contributed by atoms with E-state index in [1.54, 1.807) is 30.3 Å². The van der Waals surface area contributed by atoms with Crippen LogP contribution in [0.2, 0.25) is 0 Å². The van der Waals surface area contributed by atoms with Crippen LogP contribution in [0.15, 0.2) is 93.4 Å². The molecule has 14 heteroatoms. The van der Waals surface area contributed by atoms with Gasteiger partial charge in [-0.3, -0.25) is 14.9 Å². The molecule has 0 saturated carbocycles. The summed E-state index contributed by atoms with van der Waals surface area (Å²) in [5, 5.41) is 15.4. The first-order valence-corrected chi connectivity index (χ1v) is 12.7. The van der Waals surface area contributed by atoms with E-state index in [4.69, 9.17) is 9.47 Å². The van der Waals surface area contributed by atoms with Gasteiger partial charge < -0.3 is 9.47 Å². The van der Waals surface area contributed by atoms with Gasteiger partial charge in [0.15, 0.2) is 17.3 Å². The number of ether oxygens (including phenoxy) is 2. The number of benzene rings is 3. The largest absolute Gasteiger partial charge is 0.493 e. The summed E-state index contributed by atoms with van der Waals surface area (Å²) in [4.78, 5) is 32.1. The second-order valence-electron chi connectivity index (χ2n) is 8.63. The predicted molar refractivity (Wildman–Crippen MR) is 151 cm³/mol. The van der Waals surface area contributed by atoms with Gasteiger partial charge in [-0.25, -0.2) is 9.97 Å². The molecule has 0 aliphatic rings. The molecule has 0 saturated heterocycles. The number of nitrogens with zero attached hydrogens (tertiary/aromatic N) is 5. The van der Waals surface area contributed by atoms with E-state index >= 15 is 0 Å². The van der Waals surface area contributed by atoms with Crippen molar-refractivity contribution in [3.05, 3.63) is 115 Å². The van der Waals surface area contributed by atoms with Gasteiger partial charge in [0.05, 0.1) is 34.7 Å². The summed E-state index contributed by atoms with van der Waals surface area (Å²) in [6.07, 6.45) is -2.23. The Balaban J connectivity index is 1.57. The average molecular weight is 640 g/mol. The minimum atomic E-state index is -4.60. The van der Waals surface area contributed by atoms with Crippen molar-refractivity contribution in [3.8, 4) is 28.8 Å². The highest BCUT2D eigenvalue weighted by molar-refractivity contribution is 9.10. The Morgan fingerprint density at radius 3 is 2.52 bits per heavy atom. The van der Waals surface area contributed by atoms with Crippen LogP contribution in [0.3, 0.4) is 0 Å². The van der Waals surface area contributed by atoms with E-state index in [-0.39, 0.29) is 39.8 Å². The van der Waals surface area contributed by atoms with Crippen LogP contribution in [0, 0.1) is 10.1 Å². The summed E-state index contributed by atoms with van der Waals surface area (Å²) in [6, 6.07) is 16.6. The molecule has 3 aromatic carbocycles. The standard InChI is InChI=1S/C28H17BrF3N5O5/c1-41-23-12-17(21(29)13-24(23)42-25-10-9-19(15-33-25)37(39)40)14-34-36-26(16-5-4-6-18(11-16)28(30,31)32)35-22-8-3-2-7-20(22)27(36)38/h2-15H,1H3. The molecule has 0 radical (unpaired) electrons. The Morgan fingerprint density at radius 1 is 1.05 bits per heavy atom. The van der Waals surface area contributed by atoms with E-state index in [9.17, 15) is 28.1 Å². The molecular weight excluding hydrogens is 623 g/mol. The lowest BCUT2D eigenvalue weighted by Gasteiger charge is -2.13. The second-order valence-corrected chi connectivity index (χ2v) is 9.49. The Morgan fingerprint density at radius 2 is 1.83 bits per heavy atom. The van der Waals surface area contributed by atoms with Gasteiger partial charge in [0.25, 0.3) is 11.2 Å². The fourth-order valence-corrected chi connectivity index (χ4v) is 4.34. The topological polar surface area (TPSA) is 122 Å². The summed E-state index contributed by atoms with van der Waals surface area (Å²) >= 11 is 3.42. The lowest BCUT2D eigenvalue weighted by molar-refractivity contribution is -0.385. The van der Waals surface area contributed by atoms with Crippen molar-refractivity contribution in [2.24, 2.45) is 5.10 Å². The van der Waals surface area contributed by atoms with Gasteiger partial charge >= 0.3 is 6.18 Å². The van der Waals surface area contributed by atoms with Gasteiger partial charge in [-0.2, -0.15) is 22.9 Å². The summed E-state index contributed by atoms with van der Waals surface area (Å²) < 4.78 is 52.9. The Bertz CT molecular complexity index is 1910. The van der Waals surface area contributed by atoms with Gasteiger partial charge in [0.1, 0.15) is 6.20 Å². The molecule has 0 fully saturated rings. The number of hydrogen-bond donors (Lipinski definition) is 0. The number of pyridine rings is 1. The molecule has 0 N–H and O–H groups in total. The number of alkyl halides is 3. The lowest BCUT2D eigenvalue weighted by atomic mass is 10.1. The normalized spacial score (nSPS) is 11.6. The predicted octanol–water partition coefficient (Wildman–Crippen LogP) is 6.83. The summed E-state index contributed by atoms with van der Waals surface area (Å²) in [7, 11) is 1.39. The summed E-state index contributed by atoms with van der Waals surface area (Å²) in [5.74, 6) is 0.444. The van der Waals surface area contributed by atoms with Crippen molar-refractivity contribution >= 4 is 38.7 Å². The van der Waals surface area contributed by atoms with Gasteiger partial charge in [0, 0.05) is 27.7 Å². The van der Waals surface area contributed by atoms with E-state index in [1.807, 2.05) is 0 Å². The minimum Gasteiger partial charge on any atom is -0.493 e. The molecule has 0 bridgehead atoms. The molecule has 0 spiro atoms. The average Bonchev–Trinajstić information content (AvgIpc) is 2.97. The van der Waals surface area contributed by atoms with E-state index in [0.29, 0.717) is 15.6 Å². The second kappa shape index (κ2) is 11.4. The number of aromatic nitrogens is 3. The smallest absolute Gasteiger partial charge is 0.416 e. The number of hydrogen-bond acceptors (Lipinski definition) is 8. The van der Waals surface area contributed by atoms with E-state index in [2.05, 4.69) is 31.0 Å². The third-order valence-electron chi connectivity index (χ3n) is 5.94.